The minimum absolute atomic E-state index is 0.0317. The van der Waals surface area contributed by atoms with E-state index in [1.54, 1.807) is 24.3 Å². The predicted molar refractivity (Wildman–Crippen MR) is 126 cm³/mol. The van der Waals surface area contributed by atoms with Crippen LogP contribution in [0, 0.1) is 0 Å². The van der Waals surface area contributed by atoms with Gasteiger partial charge in [0.25, 0.3) is 11.8 Å². The van der Waals surface area contributed by atoms with E-state index in [0.717, 1.165) is 12.0 Å². The maximum atomic E-state index is 13.2. The summed E-state index contributed by atoms with van der Waals surface area (Å²) in [6.07, 6.45) is 2.31. The minimum Gasteiger partial charge on any atom is -0.490 e. The van der Waals surface area contributed by atoms with E-state index in [2.05, 4.69) is 5.32 Å². The number of nitrogens with one attached hydrogen (secondary N) is 1. The summed E-state index contributed by atoms with van der Waals surface area (Å²) in [5.74, 6) is -0.137. The zero-order valence-corrected chi connectivity index (χ0v) is 19.1. The molecule has 0 bridgehead atoms. The quantitative estimate of drug-likeness (QED) is 0.375. The molecule has 1 heterocycles. The Morgan fingerprint density at radius 1 is 1.03 bits per heavy atom. The first-order valence-electron chi connectivity index (χ1n) is 9.99. The van der Waals surface area contributed by atoms with Crippen LogP contribution in [0.15, 0.2) is 42.0 Å². The number of carbonyl (C=O) groups is 2. The Morgan fingerprint density at radius 2 is 1.65 bits per heavy atom. The van der Waals surface area contributed by atoms with Crippen molar-refractivity contribution in [2.45, 2.75) is 27.2 Å². The van der Waals surface area contributed by atoms with E-state index in [-0.39, 0.29) is 10.7 Å². The fourth-order valence-corrected chi connectivity index (χ4v) is 3.62. The molecule has 0 spiro atoms. The lowest BCUT2D eigenvalue weighted by molar-refractivity contribution is -0.122. The molecule has 31 heavy (non-hydrogen) atoms. The Hall–Kier alpha value is -2.90. The number of anilines is 1. The molecule has 6 nitrogen and oxygen atoms in total. The van der Waals surface area contributed by atoms with Gasteiger partial charge < -0.3 is 9.47 Å². The van der Waals surface area contributed by atoms with Crippen LogP contribution in [0.3, 0.4) is 0 Å². The highest BCUT2D eigenvalue weighted by Crippen LogP contribution is 2.35. The SMILES string of the molecule is CCOc1cc(Cl)c(/C=C2\C(=O)NC(=S)N(c3ccc(CC)cc3)C2=O)cc1OCC. The summed E-state index contributed by atoms with van der Waals surface area (Å²) >= 11 is 11.7. The molecule has 0 atom stereocenters. The van der Waals surface area contributed by atoms with Crippen LogP contribution < -0.4 is 19.7 Å². The van der Waals surface area contributed by atoms with Crippen molar-refractivity contribution in [3.8, 4) is 11.5 Å². The van der Waals surface area contributed by atoms with Crippen molar-refractivity contribution in [2.75, 3.05) is 18.1 Å². The molecule has 2 aromatic rings. The first-order chi connectivity index (χ1) is 14.9. The van der Waals surface area contributed by atoms with Crippen molar-refractivity contribution in [2.24, 2.45) is 0 Å². The minimum atomic E-state index is -0.584. The summed E-state index contributed by atoms with van der Waals surface area (Å²) in [7, 11) is 0. The Kier molecular flexibility index (Phi) is 7.30. The molecule has 0 aromatic heterocycles. The molecule has 1 saturated heterocycles. The van der Waals surface area contributed by atoms with Gasteiger partial charge in [0, 0.05) is 6.07 Å². The first-order valence-corrected chi connectivity index (χ1v) is 10.8. The van der Waals surface area contributed by atoms with Crippen molar-refractivity contribution in [1.82, 2.24) is 5.32 Å². The number of rotatable bonds is 7. The molecule has 0 saturated carbocycles. The average molecular weight is 459 g/mol. The molecule has 2 amide bonds. The number of benzene rings is 2. The normalized spacial score (nSPS) is 15.3. The van der Waals surface area contributed by atoms with E-state index < -0.39 is 11.8 Å². The maximum Gasteiger partial charge on any atom is 0.270 e. The Balaban J connectivity index is 2.02. The predicted octanol–water partition coefficient (Wildman–Crippen LogP) is 4.53. The molecular weight excluding hydrogens is 436 g/mol. The lowest BCUT2D eigenvalue weighted by Gasteiger charge is -2.29. The van der Waals surface area contributed by atoms with Gasteiger partial charge in [-0.3, -0.25) is 19.8 Å². The second-order valence-electron chi connectivity index (χ2n) is 6.66. The van der Waals surface area contributed by atoms with Gasteiger partial charge in [-0.15, -0.1) is 0 Å². The molecule has 2 aromatic carbocycles. The van der Waals surface area contributed by atoms with Gasteiger partial charge in [-0.05, 0) is 67.9 Å². The fraction of sp³-hybridized carbons (Fsp3) is 0.261. The highest BCUT2D eigenvalue weighted by Gasteiger charge is 2.34. The van der Waals surface area contributed by atoms with E-state index in [1.807, 2.05) is 32.9 Å². The molecule has 8 heteroatoms. The molecule has 1 aliphatic heterocycles. The number of hydrogen-bond acceptors (Lipinski definition) is 5. The average Bonchev–Trinajstić information content (AvgIpc) is 2.74. The van der Waals surface area contributed by atoms with Crippen LogP contribution in [0.2, 0.25) is 5.02 Å². The van der Waals surface area contributed by atoms with Crippen LogP contribution in [-0.2, 0) is 16.0 Å². The summed E-state index contributed by atoms with van der Waals surface area (Å²) in [6.45, 7) is 6.62. The molecule has 1 fully saturated rings. The third kappa shape index (κ3) is 4.89. The van der Waals surface area contributed by atoms with Crippen LogP contribution in [0.1, 0.15) is 31.9 Å². The van der Waals surface area contributed by atoms with Crippen molar-refractivity contribution in [1.29, 1.82) is 0 Å². The zero-order chi connectivity index (χ0) is 22.5. The van der Waals surface area contributed by atoms with Gasteiger partial charge in [0.05, 0.1) is 23.9 Å². The third-order valence-electron chi connectivity index (χ3n) is 4.67. The lowest BCUT2D eigenvalue weighted by Crippen LogP contribution is -2.54. The summed E-state index contributed by atoms with van der Waals surface area (Å²) in [4.78, 5) is 27.1. The highest BCUT2D eigenvalue weighted by atomic mass is 35.5. The standard InChI is InChI=1S/C23H23ClN2O4S/c1-4-14-7-9-16(10-8-14)26-22(28)17(21(27)25-23(26)31)11-15-12-19(29-5-2)20(30-6-3)13-18(15)24/h7-13H,4-6H2,1-3H3,(H,25,27,31)/b17-11+. The second-order valence-corrected chi connectivity index (χ2v) is 7.46. The summed E-state index contributed by atoms with van der Waals surface area (Å²) in [5, 5.41) is 2.94. The van der Waals surface area contributed by atoms with Gasteiger partial charge in [-0.1, -0.05) is 30.7 Å². The molecule has 0 aliphatic carbocycles. The Bertz CT molecular complexity index is 1050. The van der Waals surface area contributed by atoms with Gasteiger partial charge in [0.15, 0.2) is 16.6 Å². The zero-order valence-electron chi connectivity index (χ0n) is 17.5. The van der Waals surface area contributed by atoms with Gasteiger partial charge in [0.2, 0.25) is 0 Å². The summed E-state index contributed by atoms with van der Waals surface area (Å²) in [5.41, 5.74) is 2.08. The number of amides is 2. The molecular formula is C23H23ClN2O4S. The number of ether oxygens (including phenoxy) is 2. The van der Waals surface area contributed by atoms with Crippen LogP contribution in [0.4, 0.5) is 5.69 Å². The third-order valence-corrected chi connectivity index (χ3v) is 5.28. The van der Waals surface area contributed by atoms with Gasteiger partial charge in [-0.2, -0.15) is 0 Å². The van der Waals surface area contributed by atoms with Gasteiger partial charge in [-0.25, -0.2) is 0 Å². The second kappa shape index (κ2) is 9.94. The van der Waals surface area contributed by atoms with Crippen LogP contribution >= 0.6 is 23.8 Å². The van der Waals surface area contributed by atoms with Gasteiger partial charge >= 0.3 is 0 Å². The largest absolute Gasteiger partial charge is 0.490 e. The monoisotopic (exact) mass is 458 g/mol. The van der Waals surface area contributed by atoms with Crippen LogP contribution in [0.25, 0.3) is 6.08 Å². The molecule has 1 N–H and O–H groups in total. The molecule has 162 valence electrons. The maximum absolute atomic E-state index is 13.2. The van der Waals surface area contributed by atoms with E-state index in [1.165, 1.54) is 11.0 Å². The van der Waals surface area contributed by atoms with Crippen molar-refractivity contribution < 1.29 is 19.1 Å². The van der Waals surface area contributed by atoms with Crippen molar-refractivity contribution in [3.05, 3.63) is 58.1 Å². The Labute approximate surface area is 191 Å². The number of hydrogen-bond donors (Lipinski definition) is 1. The van der Waals surface area contributed by atoms with Crippen LogP contribution in [0.5, 0.6) is 11.5 Å². The number of halogens is 1. The summed E-state index contributed by atoms with van der Waals surface area (Å²) < 4.78 is 11.2. The number of nitrogens with zero attached hydrogens (tertiary/aromatic N) is 1. The molecule has 1 aliphatic rings. The van der Waals surface area contributed by atoms with E-state index >= 15 is 0 Å². The fourth-order valence-electron chi connectivity index (χ4n) is 3.13. The van der Waals surface area contributed by atoms with E-state index in [4.69, 9.17) is 33.3 Å². The van der Waals surface area contributed by atoms with Crippen molar-refractivity contribution in [3.63, 3.8) is 0 Å². The summed E-state index contributed by atoms with van der Waals surface area (Å²) in [6, 6.07) is 10.7. The smallest absolute Gasteiger partial charge is 0.270 e. The van der Waals surface area contributed by atoms with Crippen molar-refractivity contribution >= 4 is 52.5 Å². The molecule has 0 radical (unpaired) electrons. The van der Waals surface area contributed by atoms with Gasteiger partial charge in [0.1, 0.15) is 5.57 Å². The molecule has 3 rings (SSSR count). The number of thiocarbonyl (C=S) groups is 1. The lowest BCUT2D eigenvalue weighted by atomic mass is 10.1. The highest BCUT2D eigenvalue weighted by molar-refractivity contribution is 7.80. The number of carbonyl (C=O) groups excluding carboxylic acids is 2. The first kappa shape index (κ1) is 22.8. The van der Waals surface area contributed by atoms with E-state index in [0.29, 0.717) is 41.0 Å². The Morgan fingerprint density at radius 3 is 2.23 bits per heavy atom. The topological polar surface area (TPSA) is 67.9 Å². The molecule has 0 unspecified atom stereocenters. The van der Waals surface area contributed by atoms with Crippen LogP contribution in [-0.4, -0.2) is 30.1 Å². The van der Waals surface area contributed by atoms with E-state index in [9.17, 15) is 9.59 Å². The number of aryl methyl sites for hydroxylation is 1.